The van der Waals surface area contributed by atoms with E-state index in [2.05, 4.69) is 74.6 Å². The van der Waals surface area contributed by atoms with Gasteiger partial charge in [-0.1, -0.05) is 18.2 Å². The number of aromatic nitrogens is 5. The molecule has 0 unspecified atom stereocenters. The number of hydrogen-bond donors (Lipinski definition) is 0. The topological polar surface area (TPSA) is 48.5 Å². The van der Waals surface area contributed by atoms with Crippen LogP contribution in [0.3, 0.4) is 0 Å². The molecule has 0 aliphatic rings. The number of fused-ring (bicyclic) bond motifs is 1. The molecule has 0 amide bonds. The van der Waals surface area contributed by atoms with Crippen LogP contribution in [-0.4, -0.2) is 24.3 Å². The van der Waals surface area contributed by atoms with Crippen LogP contribution in [0.25, 0.3) is 28.1 Å². The lowest BCUT2D eigenvalue weighted by Crippen LogP contribution is -2.01. The molecule has 120 valence electrons. The zero-order valence-electron chi connectivity index (χ0n) is 14.3. The predicted octanol–water partition coefficient (Wildman–Crippen LogP) is 3.75. The Labute approximate surface area is 140 Å². The maximum atomic E-state index is 4.63. The van der Waals surface area contributed by atoms with Gasteiger partial charge in [-0.05, 0) is 50.1 Å². The third kappa shape index (κ3) is 2.12. The Morgan fingerprint density at radius 2 is 1.71 bits per heavy atom. The van der Waals surface area contributed by atoms with E-state index in [0.29, 0.717) is 0 Å². The molecule has 0 bridgehead atoms. The summed E-state index contributed by atoms with van der Waals surface area (Å²) in [6.07, 6.45) is 1.78. The zero-order valence-corrected chi connectivity index (χ0v) is 14.3. The van der Waals surface area contributed by atoms with E-state index in [1.807, 2.05) is 14.0 Å². The van der Waals surface area contributed by atoms with E-state index in [4.69, 9.17) is 0 Å². The van der Waals surface area contributed by atoms with E-state index in [9.17, 15) is 0 Å². The first-order valence-corrected chi connectivity index (χ1v) is 7.96. The maximum Gasteiger partial charge on any atom is 0.168 e. The molecule has 24 heavy (non-hydrogen) atoms. The third-order valence-electron chi connectivity index (χ3n) is 4.59. The molecule has 0 aliphatic heterocycles. The maximum absolute atomic E-state index is 4.63. The lowest BCUT2D eigenvalue weighted by atomic mass is 10.1. The second-order valence-corrected chi connectivity index (χ2v) is 6.19. The summed E-state index contributed by atoms with van der Waals surface area (Å²) in [4.78, 5) is 4.63. The smallest absolute Gasteiger partial charge is 0.168 e. The highest BCUT2D eigenvalue weighted by atomic mass is 15.3. The van der Waals surface area contributed by atoms with Gasteiger partial charge in [-0.25, -0.2) is 4.98 Å². The van der Waals surface area contributed by atoms with Gasteiger partial charge in [-0.15, -0.1) is 10.2 Å². The summed E-state index contributed by atoms with van der Waals surface area (Å²) in [7, 11) is 2.03. The Morgan fingerprint density at radius 3 is 2.46 bits per heavy atom. The van der Waals surface area contributed by atoms with Crippen molar-refractivity contribution in [3.63, 3.8) is 0 Å². The lowest BCUT2D eigenvalue weighted by Gasteiger charge is -2.12. The number of nitrogens with zero attached hydrogens (tertiary/aromatic N) is 5. The molecule has 2 aromatic carbocycles. The monoisotopic (exact) mass is 317 g/mol. The normalized spacial score (nSPS) is 11.3. The van der Waals surface area contributed by atoms with Crippen LogP contribution in [-0.2, 0) is 7.05 Å². The third-order valence-corrected chi connectivity index (χ3v) is 4.59. The van der Waals surface area contributed by atoms with Crippen molar-refractivity contribution in [3.05, 3.63) is 59.7 Å². The first kappa shape index (κ1) is 14.6. The molecule has 5 heteroatoms. The number of imidazole rings is 1. The molecule has 2 heterocycles. The van der Waals surface area contributed by atoms with Gasteiger partial charge in [0.2, 0.25) is 0 Å². The average Bonchev–Trinajstić information content (AvgIpc) is 3.13. The molecule has 0 aliphatic carbocycles. The van der Waals surface area contributed by atoms with Crippen LogP contribution in [0.2, 0.25) is 0 Å². The Hall–Kier alpha value is -2.95. The molecule has 0 saturated carbocycles. The summed E-state index contributed by atoms with van der Waals surface area (Å²) in [5.41, 5.74) is 6.64. The predicted molar refractivity (Wildman–Crippen MR) is 95.3 cm³/mol. The van der Waals surface area contributed by atoms with Gasteiger partial charge in [0, 0.05) is 12.6 Å². The Bertz CT molecular complexity index is 1030. The van der Waals surface area contributed by atoms with E-state index in [-0.39, 0.29) is 0 Å². The molecule has 4 rings (SSSR count). The number of benzene rings is 2. The van der Waals surface area contributed by atoms with E-state index in [0.717, 1.165) is 33.9 Å². The van der Waals surface area contributed by atoms with Gasteiger partial charge >= 0.3 is 0 Å². The highest BCUT2D eigenvalue weighted by Crippen LogP contribution is 2.27. The number of rotatable bonds is 2. The summed E-state index contributed by atoms with van der Waals surface area (Å²) < 4.78 is 4.15. The molecule has 2 aromatic heterocycles. The number of aryl methyl sites for hydroxylation is 4. The van der Waals surface area contributed by atoms with E-state index >= 15 is 0 Å². The summed E-state index contributed by atoms with van der Waals surface area (Å²) in [6, 6.07) is 12.5. The minimum absolute atomic E-state index is 0.831. The second kappa shape index (κ2) is 5.30. The van der Waals surface area contributed by atoms with Gasteiger partial charge in [-0.2, -0.15) is 0 Å². The molecular weight excluding hydrogens is 298 g/mol. The highest BCUT2D eigenvalue weighted by Gasteiger charge is 2.14. The Morgan fingerprint density at radius 1 is 0.958 bits per heavy atom. The molecule has 0 spiro atoms. The number of para-hydroxylation sites is 1. The minimum atomic E-state index is 0.831. The van der Waals surface area contributed by atoms with Crippen LogP contribution in [0.1, 0.15) is 17.0 Å². The fourth-order valence-corrected chi connectivity index (χ4v) is 3.24. The van der Waals surface area contributed by atoms with Crippen molar-refractivity contribution >= 4 is 11.0 Å². The first-order valence-electron chi connectivity index (χ1n) is 7.96. The molecule has 5 nitrogen and oxygen atoms in total. The Kier molecular flexibility index (Phi) is 3.23. The molecule has 0 atom stereocenters. The van der Waals surface area contributed by atoms with Gasteiger partial charge < -0.3 is 4.57 Å². The van der Waals surface area contributed by atoms with E-state index in [1.165, 1.54) is 11.1 Å². The molecule has 0 fully saturated rings. The molecular formula is C19H19N5. The first-order chi connectivity index (χ1) is 11.6. The van der Waals surface area contributed by atoms with Gasteiger partial charge in [0.25, 0.3) is 0 Å². The zero-order chi connectivity index (χ0) is 16.8. The largest absolute Gasteiger partial charge is 0.331 e. The van der Waals surface area contributed by atoms with Crippen molar-refractivity contribution in [2.75, 3.05) is 0 Å². The fourth-order valence-electron chi connectivity index (χ4n) is 3.24. The summed E-state index contributed by atoms with van der Waals surface area (Å²) in [6.45, 7) is 6.23. The summed E-state index contributed by atoms with van der Waals surface area (Å²) in [5.74, 6) is 1.83. The quantitative estimate of drug-likeness (QED) is 0.566. The van der Waals surface area contributed by atoms with Crippen LogP contribution < -0.4 is 0 Å². The molecule has 0 saturated heterocycles. The Balaban J connectivity index is 1.92. The minimum Gasteiger partial charge on any atom is -0.331 e. The standard InChI is InChI=1S/C19H19N5/c1-12-6-5-7-13(2)18(12)24-11-20-22-19(24)15-8-9-17-16(10-15)21-14(3)23(17)4/h5-11H,1-4H3. The van der Waals surface area contributed by atoms with E-state index in [1.54, 1.807) is 6.33 Å². The lowest BCUT2D eigenvalue weighted by molar-refractivity contribution is 0.886. The van der Waals surface area contributed by atoms with Crippen molar-refractivity contribution in [3.8, 4) is 17.1 Å². The van der Waals surface area contributed by atoms with Crippen molar-refractivity contribution in [1.82, 2.24) is 24.3 Å². The van der Waals surface area contributed by atoms with Crippen molar-refractivity contribution in [2.24, 2.45) is 7.05 Å². The molecule has 4 aromatic rings. The molecule has 0 radical (unpaired) electrons. The van der Waals surface area contributed by atoms with Gasteiger partial charge in [0.1, 0.15) is 12.2 Å². The summed E-state index contributed by atoms with van der Waals surface area (Å²) in [5, 5.41) is 8.51. The summed E-state index contributed by atoms with van der Waals surface area (Å²) >= 11 is 0. The van der Waals surface area contributed by atoms with Gasteiger partial charge in [0.05, 0.1) is 16.7 Å². The van der Waals surface area contributed by atoms with Crippen molar-refractivity contribution < 1.29 is 0 Å². The number of hydrogen-bond acceptors (Lipinski definition) is 3. The highest BCUT2D eigenvalue weighted by molar-refractivity contribution is 5.81. The second-order valence-electron chi connectivity index (χ2n) is 6.19. The SMILES string of the molecule is Cc1cccc(C)c1-n1cnnc1-c1ccc2c(c1)nc(C)n2C. The van der Waals surface area contributed by atoms with Crippen LogP contribution in [0.4, 0.5) is 0 Å². The van der Waals surface area contributed by atoms with Gasteiger partial charge in [0.15, 0.2) is 5.82 Å². The van der Waals surface area contributed by atoms with Crippen LogP contribution in [0.15, 0.2) is 42.7 Å². The van der Waals surface area contributed by atoms with Gasteiger partial charge in [-0.3, -0.25) is 4.57 Å². The average molecular weight is 317 g/mol. The fraction of sp³-hybridized carbons (Fsp3) is 0.211. The van der Waals surface area contributed by atoms with Crippen LogP contribution in [0, 0.1) is 20.8 Å². The molecule has 0 N–H and O–H groups in total. The van der Waals surface area contributed by atoms with Crippen molar-refractivity contribution in [1.29, 1.82) is 0 Å². The van der Waals surface area contributed by atoms with Crippen LogP contribution in [0.5, 0.6) is 0 Å². The van der Waals surface area contributed by atoms with Crippen molar-refractivity contribution in [2.45, 2.75) is 20.8 Å². The van der Waals surface area contributed by atoms with E-state index < -0.39 is 0 Å². The van der Waals surface area contributed by atoms with Crippen LogP contribution >= 0.6 is 0 Å².